The second-order valence-electron chi connectivity index (χ2n) is 15.5. The van der Waals surface area contributed by atoms with Gasteiger partial charge in [-0.25, -0.2) is 0 Å². The normalized spacial score (nSPS) is 12.3. The minimum Gasteiger partial charge on any atom is -0.355 e. The fourth-order valence-electron chi connectivity index (χ4n) is 9.21. The molecule has 12 rings (SSSR count). The Morgan fingerprint density at radius 3 is 1.93 bits per heavy atom. The molecule has 0 saturated heterocycles. The minimum atomic E-state index is 0.830. The molecule has 1 aliphatic heterocycles. The maximum absolute atomic E-state index is 3.89. The van der Waals surface area contributed by atoms with Crippen LogP contribution in [-0.2, 0) is 0 Å². The summed E-state index contributed by atoms with van der Waals surface area (Å²) in [5.41, 5.74) is 14.7. The molecule has 0 bridgehead atoms. The van der Waals surface area contributed by atoms with Crippen molar-refractivity contribution in [2.24, 2.45) is 0 Å². The summed E-state index contributed by atoms with van der Waals surface area (Å²) in [6.07, 6.45) is 0. The third-order valence-electron chi connectivity index (χ3n) is 11.9. The van der Waals surface area contributed by atoms with Crippen molar-refractivity contribution in [3.63, 3.8) is 0 Å². The summed E-state index contributed by atoms with van der Waals surface area (Å²) in [6, 6.07) is 67.3. The highest BCUT2D eigenvalue weighted by Crippen LogP contribution is 2.46. The van der Waals surface area contributed by atoms with Gasteiger partial charge in [0.25, 0.3) is 0 Å². The van der Waals surface area contributed by atoms with Crippen molar-refractivity contribution < 1.29 is 0 Å². The van der Waals surface area contributed by atoms with E-state index in [1.54, 1.807) is 0 Å². The first-order chi connectivity index (χ1) is 28.6. The number of hydrogen-bond acceptors (Lipinski definition) is 4. The molecule has 0 spiro atoms. The molecule has 2 nitrogen and oxygen atoms in total. The summed E-state index contributed by atoms with van der Waals surface area (Å²) in [5, 5.41) is 11.7. The first-order valence-electron chi connectivity index (χ1n) is 19.9. The van der Waals surface area contributed by atoms with Crippen molar-refractivity contribution in [1.82, 2.24) is 0 Å². The lowest BCUT2D eigenvalue weighted by Gasteiger charge is -2.35. The Morgan fingerprint density at radius 1 is 0.483 bits per heavy atom. The van der Waals surface area contributed by atoms with E-state index in [9.17, 15) is 0 Å². The molecule has 272 valence electrons. The van der Waals surface area contributed by atoms with Gasteiger partial charge in [0, 0.05) is 69.0 Å². The van der Waals surface area contributed by atoms with Crippen molar-refractivity contribution >= 4 is 120 Å². The van der Waals surface area contributed by atoms with Gasteiger partial charge in [0.15, 0.2) is 7.28 Å². The maximum atomic E-state index is 3.89. The predicted octanol–water partition coefficient (Wildman–Crippen LogP) is 14.1. The minimum absolute atomic E-state index is 0.830. The molecule has 2 aromatic heterocycles. The Hall–Kier alpha value is -6.66. The molecule has 0 saturated carbocycles. The van der Waals surface area contributed by atoms with Gasteiger partial charge in [0.05, 0.1) is 0 Å². The maximum Gasteiger partial charge on any atom is 0.198 e. The van der Waals surface area contributed by atoms with Crippen molar-refractivity contribution in [3.8, 4) is 22.3 Å². The summed E-state index contributed by atoms with van der Waals surface area (Å²) >= 11 is 3.77. The average Bonchev–Trinajstić information content (AvgIpc) is 3.82. The fourth-order valence-corrected chi connectivity index (χ4v) is 11.5. The molecule has 0 atom stereocenters. The van der Waals surface area contributed by atoms with Gasteiger partial charge in [-0.1, -0.05) is 133 Å². The molecule has 0 fully saturated rings. The summed E-state index contributed by atoms with van der Waals surface area (Å²) in [5.74, 6) is 0. The van der Waals surface area contributed by atoms with Crippen LogP contribution in [0.3, 0.4) is 0 Å². The van der Waals surface area contributed by atoms with Gasteiger partial charge in [0.1, 0.15) is 0 Å². The Bertz CT molecular complexity index is 3420. The Balaban J connectivity index is 1.08. The lowest BCUT2D eigenvalue weighted by atomic mass is 9.57. The third kappa shape index (κ3) is 5.39. The first kappa shape index (κ1) is 33.5. The number of aryl methyl sites for hydroxylation is 1. The van der Waals surface area contributed by atoms with Crippen LogP contribution in [0.25, 0.3) is 73.4 Å². The number of nitrogens with one attached hydrogen (secondary N) is 1. The number of thiophene rings is 2. The molecule has 1 N–H and O–H groups in total. The third-order valence-corrected chi connectivity index (χ3v) is 14.2. The largest absolute Gasteiger partial charge is 0.355 e. The first-order valence-corrected chi connectivity index (χ1v) is 21.5. The van der Waals surface area contributed by atoms with Crippen molar-refractivity contribution in [3.05, 3.63) is 188 Å². The van der Waals surface area contributed by atoms with Crippen LogP contribution in [0.15, 0.2) is 182 Å². The molecule has 0 amide bonds. The van der Waals surface area contributed by atoms with Gasteiger partial charge in [-0.3, -0.25) is 0 Å². The molecule has 3 heterocycles. The number of rotatable bonds is 5. The van der Waals surface area contributed by atoms with Crippen LogP contribution in [-0.4, -0.2) is 7.28 Å². The van der Waals surface area contributed by atoms with Gasteiger partial charge in [-0.2, -0.15) is 0 Å². The quantitative estimate of drug-likeness (QED) is 0.175. The van der Waals surface area contributed by atoms with E-state index in [0.717, 1.165) is 18.7 Å². The summed E-state index contributed by atoms with van der Waals surface area (Å²) in [4.78, 5) is 2.55. The second-order valence-corrected chi connectivity index (χ2v) is 17.6. The van der Waals surface area contributed by atoms with Gasteiger partial charge in [0.2, 0.25) is 0 Å². The van der Waals surface area contributed by atoms with E-state index < -0.39 is 0 Å². The van der Waals surface area contributed by atoms with Gasteiger partial charge >= 0.3 is 0 Å². The number of hydrogen-bond donors (Lipinski definition) is 1. The van der Waals surface area contributed by atoms with E-state index in [4.69, 9.17) is 0 Å². The Kier molecular flexibility index (Phi) is 7.62. The average molecular weight is 775 g/mol. The molecular formula is C53H35BN2S2. The molecule has 0 aliphatic carbocycles. The Labute approximate surface area is 345 Å². The van der Waals surface area contributed by atoms with Crippen molar-refractivity contribution in [2.75, 3.05) is 10.2 Å². The van der Waals surface area contributed by atoms with E-state index in [0.29, 0.717) is 0 Å². The zero-order valence-corrected chi connectivity index (χ0v) is 33.4. The van der Waals surface area contributed by atoms with Crippen LogP contribution in [0.5, 0.6) is 0 Å². The summed E-state index contributed by atoms with van der Waals surface area (Å²) in [7, 11) is 0.830. The van der Waals surface area contributed by atoms with Crippen molar-refractivity contribution in [1.29, 1.82) is 0 Å². The SMILES string of the molecule is Cc1cc(-c2c(Nc3ccc(-c4ccccc4)cc3)ccc3ccccc23)c2c(c1)N(c1ccc3c(c1)sc1ccccc13)c1cc3sc4ccccc4c3cc1B2. The van der Waals surface area contributed by atoms with Gasteiger partial charge < -0.3 is 10.2 Å². The molecular weight excluding hydrogens is 740 g/mol. The highest BCUT2D eigenvalue weighted by atomic mass is 32.1. The molecule has 5 heteroatoms. The summed E-state index contributed by atoms with van der Waals surface area (Å²) < 4.78 is 5.28. The molecule has 0 radical (unpaired) electrons. The van der Waals surface area contributed by atoms with E-state index in [1.165, 1.54) is 107 Å². The molecule has 1 aliphatic rings. The van der Waals surface area contributed by atoms with Crippen LogP contribution in [0, 0.1) is 6.92 Å². The van der Waals surface area contributed by atoms with E-state index >= 15 is 0 Å². The topological polar surface area (TPSA) is 15.3 Å². The molecule has 58 heavy (non-hydrogen) atoms. The lowest BCUT2D eigenvalue weighted by Crippen LogP contribution is -2.41. The van der Waals surface area contributed by atoms with Crippen LogP contribution in [0.4, 0.5) is 28.4 Å². The van der Waals surface area contributed by atoms with Crippen molar-refractivity contribution in [2.45, 2.75) is 6.92 Å². The second kappa shape index (κ2) is 13.2. The van der Waals surface area contributed by atoms with Crippen LogP contribution < -0.4 is 21.1 Å². The predicted molar refractivity (Wildman–Crippen MR) is 256 cm³/mol. The van der Waals surface area contributed by atoms with Gasteiger partial charge in [-0.15, -0.1) is 22.7 Å². The number of benzene rings is 9. The van der Waals surface area contributed by atoms with Crippen LogP contribution >= 0.6 is 22.7 Å². The monoisotopic (exact) mass is 774 g/mol. The highest BCUT2D eigenvalue weighted by molar-refractivity contribution is 7.26. The van der Waals surface area contributed by atoms with Gasteiger partial charge in [-0.05, 0) is 105 Å². The van der Waals surface area contributed by atoms with E-state index in [1.807, 2.05) is 22.7 Å². The molecule has 9 aromatic carbocycles. The lowest BCUT2D eigenvalue weighted by molar-refractivity contribution is 1.29. The number of anilines is 5. The molecule has 0 unspecified atom stereocenters. The van der Waals surface area contributed by atoms with E-state index in [2.05, 4.69) is 199 Å². The van der Waals surface area contributed by atoms with Crippen LogP contribution in [0.1, 0.15) is 5.56 Å². The zero-order chi connectivity index (χ0) is 38.3. The highest BCUT2D eigenvalue weighted by Gasteiger charge is 2.30. The zero-order valence-electron chi connectivity index (χ0n) is 31.8. The Morgan fingerprint density at radius 2 is 1.14 bits per heavy atom. The number of fused-ring (bicyclic) bond motifs is 9. The van der Waals surface area contributed by atoms with E-state index in [-0.39, 0.29) is 0 Å². The standard InChI is InChI=1S/C53H35BN2S2/c1-32-27-43(52-38-14-6-5-13-35(38)21-26-45(52)55-36-22-19-34(20-23-36)33-11-3-2-4-12-33)53-47(28-32)56(37-24-25-41-39-15-7-9-17-48(39)57-50(41)29-37)46-31-51-42(30-44(46)54-53)40-16-8-10-18-49(40)58-51/h2-31,54-55H,1H3. The van der Waals surface area contributed by atoms with Crippen LogP contribution in [0.2, 0.25) is 0 Å². The fraction of sp³-hybridized carbons (Fsp3) is 0.0189. The molecule has 11 aromatic rings. The summed E-state index contributed by atoms with van der Waals surface area (Å²) in [6.45, 7) is 2.25. The number of nitrogens with zero attached hydrogens (tertiary/aromatic N) is 1. The smallest absolute Gasteiger partial charge is 0.198 e.